The summed E-state index contributed by atoms with van der Waals surface area (Å²) in [7, 11) is 0. The van der Waals surface area contributed by atoms with Crippen molar-refractivity contribution in [3.8, 4) is 0 Å². The standard InChI is InChI=1S/C26H30ClN5S/c1-16-12-17(2)15-31(14-16)23-10-8-19(13-20(23)27)32-25(22-9-7-18(3)29-22)24(30-26(32)33)21-6-4-5-11-28-21/h4-11,13,16-17,24-25,29H,12,14-15H2,1-3H3,(H,30,33)/t16-,17+,24-,25+/m0/s1. The molecule has 4 heterocycles. The van der Waals surface area contributed by atoms with Crippen LogP contribution in [0.2, 0.25) is 5.02 Å². The van der Waals surface area contributed by atoms with Gasteiger partial charge in [0.2, 0.25) is 0 Å². The van der Waals surface area contributed by atoms with Crippen molar-refractivity contribution in [1.29, 1.82) is 0 Å². The molecule has 3 aromatic rings. The quantitative estimate of drug-likeness (QED) is 0.447. The fourth-order valence-corrected chi connectivity index (χ4v) is 6.05. The van der Waals surface area contributed by atoms with Crippen LogP contribution in [-0.4, -0.2) is 28.2 Å². The number of H-pyrrole nitrogens is 1. The number of aromatic amines is 1. The van der Waals surface area contributed by atoms with Crippen LogP contribution in [-0.2, 0) is 0 Å². The fourth-order valence-electron chi connectivity index (χ4n) is 5.41. The number of rotatable bonds is 4. The van der Waals surface area contributed by atoms with Crippen LogP contribution in [0.5, 0.6) is 0 Å². The van der Waals surface area contributed by atoms with Gasteiger partial charge in [-0.3, -0.25) is 4.98 Å². The number of piperidine rings is 1. The number of benzene rings is 1. The first-order valence-electron chi connectivity index (χ1n) is 11.6. The SMILES string of the molecule is Cc1ccc([C@@H]2[C@H](c3ccccn3)NC(=S)N2c2ccc(N3C[C@H](C)C[C@H](C)C3)c(Cl)c2)[nH]1. The van der Waals surface area contributed by atoms with E-state index in [2.05, 4.69) is 76.2 Å². The minimum atomic E-state index is -0.0704. The number of thiocarbonyl (C=S) groups is 1. The fraction of sp³-hybridized carbons (Fsp3) is 0.385. The molecule has 0 spiro atoms. The number of pyridine rings is 1. The Balaban J connectivity index is 1.51. The number of aromatic nitrogens is 2. The summed E-state index contributed by atoms with van der Waals surface area (Å²) in [6, 6.07) is 16.4. The summed E-state index contributed by atoms with van der Waals surface area (Å²) in [6.45, 7) is 8.79. The van der Waals surface area contributed by atoms with Crippen LogP contribution < -0.4 is 15.1 Å². The number of nitrogens with one attached hydrogen (secondary N) is 2. The minimum Gasteiger partial charge on any atom is -0.370 e. The Kier molecular flexibility index (Phi) is 6.06. The van der Waals surface area contributed by atoms with Crippen molar-refractivity contribution in [3.05, 3.63) is 76.8 Å². The summed E-state index contributed by atoms with van der Waals surface area (Å²) in [5.41, 5.74) is 5.25. The Bertz CT molecular complexity index is 1140. The molecule has 0 bridgehead atoms. The van der Waals surface area contributed by atoms with Crippen molar-refractivity contribution >= 4 is 40.3 Å². The largest absolute Gasteiger partial charge is 0.370 e. The molecule has 0 unspecified atom stereocenters. The first-order chi connectivity index (χ1) is 15.9. The molecule has 4 atom stereocenters. The maximum atomic E-state index is 6.88. The lowest BCUT2D eigenvalue weighted by atomic mass is 9.91. The smallest absolute Gasteiger partial charge is 0.174 e. The lowest BCUT2D eigenvalue weighted by Gasteiger charge is -2.37. The predicted octanol–water partition coefficient (Wildman–Crippen LogP) is 6.03. The molecule has 7 heteroatoms. The lowest BCUT2D eigenvalue weighted by molar-refractivity contribution is 0.357. The van der Waals surface area contributed by atoms with Gasteiger partial charge < -0.3 is 20.1 Å². The van der Waals surface area contributed by atoms with Gasteiger partial charge in [-0.25, -0.2) is 0 Å². The van der Waals surface area contributed by atoms with Crippen LogP contribution in [0.3, 0.4) is 0 Å². The van der Waals surface area contributed by atoms with Crippen molar-refractivity contribution in [1.82, 2.24) is 15.3 Å². The molecule has 0 aliphatic carbocycles. The third-order valence-electron chi connectivity index (χ3n) is 6.69. The second-order valence-electron chi connectivity index (χ2n) is 9.58. The second kappa shape index (κ2) is 8.99. The van der Waals surface area contributed by atoms with E-state index in [4.69, 9.17) is 23.8 Å². The van der Waals surface area contributed by atoms with Gasteiger partial charge in [0, 0.05) is 36.4 Å². The van der Waals surface area contributed by atoms with E-state index >= 15 is 0 Å². The van der Waals surface area contributed by atoms with Gasteiger partial charge in [-0.15, -0.1) is 0 Å². The molecule has 5 nitrogen and oxygen atoms in total. The van der Waals surface area contributed by atoms with Crippen LogP contribution in [0, 0.1) is 18.8 Å². The van der Waals surface area contributed by atoms with Gasteiger partial charge in [0.1, 0.15) is 6.04 Å². The molecule has 2 saturated heterocycles. The Morgan fingerprint density at radius 1 is 1.06 bits per heavy atom. The molecule has 1 aromatic carbocycles. The molecule has 33 heavy (non-hydrogen) atoms. The average molecular weight is 480 g/mol. The van der Waals surface area contributed by atoms with Gasteiger partial charge in [0.15, 0.2) is 5.11 Å². The molecule has 2 fully saturated rings. The van der Waals surface area contributed by atoms with Crippen LogP contribution in [0.15, 0.2) is 54.7 Å². The number of halogens is 1. The average Bonchev–Trinajstić information content (AvgIpc) is 3.36. The predicted molar refractivity (Wildman–Crippen MR) is 140 cm³/mol. The number of anilines is 2. The van der Waals surface area contributed by atoms with Crippen LogP contribution in [0.1, 0.15) is 49.4 Å². The third kappa shape index (κ3) is 4.34. The van der Waals surface area contributed by atoms with E-state index in [0.717, 1.165) is 46.6 Å². The van der Waals surface area contributed by atoms with Crippen LogP contribution in [0.4, 0.5) is 11.4 Å². The topological polar surface area (TPSA) is 47.2 Å². The first-order valence-corrected chi connectivity index (χ1v) is 12.4. The van der Waals surface area contributed by atoms with E-state index in [1.165, 1.54) is 6.42 Å². The summed E-state index contributed by atoms with van der Waals surface area (Å²) in [6.07, 6.45) is 3.10. The van der Waals surface area contributed by atoms with Gasteiger partial charge in [0.05, 0.1) is 22.4 Å². The summed E-state index contributed by atoms with van der Waals surface area (Å²) in [5, 5.41) is 4.94. The third-order valence-corrected chi connectivity index (χ3v) is 7.31. The van der Waals surface area contributed by atoms with E-state index in [-0.39, 0.29) is 12.1 Å². The van der Waals surface area contributed by atoms with E-state index in [9.17, 15) is 0 Å². The molecule has 172 valence electrons. The normalized spacial score (nSPS) is 25.4. The van der Waals surface area contributed by atoms with Gasteiger partial charge in [-0.2, -0.15) is 0 Å². The zero-order valence-corrected chi connectivity index (χ0v) is 20.8. The number of aryl methyl sites for hydroxylation is 1. The molecule has 2 aliphatic rings. The van der Waals surface area contributed by atoms with Gasteiger partial charge >= 0.3 is 0 Å². The van der Waals surface area contributed by atoms with Crippen molar-refractivity contribution in [2.45, 2.75) is 39.3 Å². The summed E-state index contributed by atoms with van der Waals surface area (Å²) >= 11 is 12.7. The zero-order chi connectivity index (χ0) is 23.1. The van der Waals surface area contributed by atoms with Gasteiger partial charge in [-0.05, 0) is 79.9 Å². The highest BCUT2D eigenvalue weighted by molar-refractivity contribution is 7.80. The molecule has 0 amide bonds. The molecule has 2 aromatic heterocycles. The minimum absolute atomic E-state index is 0.0574. The van der Waals surface area contributed by atoms with Crippen molar-refractivity contribution in [2.24, 2.45) is 11.8 Å². The molecule has 2 N–H and O–H groups in total. The van der Waals surface area contributed by atoms with Crippen molar-refractivity contribution in [3.63, 3.8) is 0 Å². The Hall–Kier alpha value is -2.57. The van der Waals surface area contributed by atoms with Gasteiger partial charge in [-0.1, -0.05) is 31.5 Å². The molecule has 0 saturated carbocycles. The monoisotopic (exact) mass is 479 g/mol. The number of hydrogen-bond acceptors (Lipinski definition) is 3. The summed E-state index contributed by atoms with van der Waals surface area (Å²) < 4.78 is 0. The number of hydrogen-bond donors (Lipinski definition) is 2. The van der Waals surface area contributed by atoms with E-state index in [0.29, 0.717) is 16.9 Å². The van der Waals surface area contributed by atoms with Crippen molar-refractivity contribution in [2.75, 3.05) is 22.9 Å². The second-order valence-corrected chi connectivity index (χ2v) is 10.4. The van der Waals surface area contributed by atoms with E-state index in [1.54, 1.807) is 0 Å². The van der Waals surface area contributed by atoms with E-state index in [1.807, 2.05) is 24.4 Å². The number of nitrogens with zero attached hydrogens (tertiary/aromatic N) is 3. The highest BCUT2D eigenvalue weighted by Crippen LogP contribution is 2.43. The maximum absolute atomic E-state index is 6.88. The Morgan fingerprint density at radius 3 is 2.48 bits per heavy atom. The highest BCUT2D eigenvalue weighted by Gasteiger charge is 2.41. The highest BCUT2D eigenvalue weighted by atomic mass is 35.5. The van der Waals surface area contributed by atoms with Crippen LogP contribution >= 0.6 is 23.8 Å². The van der Waals surface area contributed by atoms with Crippen molar-refractivity contribution < 1.29 is 0 Å². The molecule has 2 aliphatic heterocycles. The maximum Gasteiger partial charge on any atom is 0.174 e. The first kappa shape index (κ1) is 22.2. The Morgan fingerprint density at radius 2 is 1.85 bits per heavy atom. The molecule has 5 rings (SSSR count). The van der Waals surface area contributed by atoms with Crippen LogP contribution in [0.25, 0.3) is 0 Å². The lowest BCUT2D eigenvalue weighted by Crippen LogP contribution is -2.38. The Labute approximate surface area is 206 Å². The molecular weight excluding hydrogens is 450 g/mol. The summed E-state index contributed by atoms with van der Waals surface area (Å²) in [5.74, 6) is 1.33. The van der Waals surface area contributed by atoms with E-state index < -0.39 is 0 Å². The van der Waals surface area contributed by atoms with Gasteiger partial charge in [0.25, 0.3) is 0 Å². The summed E-state index contributed by atoms with van der Waals surface area (Å²) in [4.78, 5) is 12.7. The molecular formula is C26H30ClN5S. The molecule has 0 radical (unpaired) electrons. The zero-order valence-electron chi connectivity index (χ0n) is 19.3.